The topological polar surface area (TPSA) is 95.0 Å². The first-order valence-electron chi connectivity index (χ1n) is 5.98. The molecule has 0 fully saturated rings. The lowest BCUT2D eigenvalue weighted by Crippen LogP contribution is -2.53. The second-order valence-corrected chi connectivity index (χ2v) is 6.63. The molecule has 0 saturated heterocycles. The van der Waals surface area contributed by atoms with Gasteiger partial charge in [-0.3, -0.25) is 4.79 Å². The zero-order chi connectivity index (χ0) is 15.4. The van der Waals surface area contributed by atoms with Gasteiger partial charge in [0.25, 0.3) is 0 Å². The van der Waals surface area contributed by atoms with Crippen molar-refractivity contribution in [1.82, 2.24) is 9.21 Å². The smallest absolute Gasteiger partial charge is 0.329 e. The van der Waals surface area contributed by atoms with Crippen molar-refractivity contribution in [2.45, 2.75) is 33.2 Å². The minimum Gasteiger partial charge on any atom is -0.480 e. The fourth-order valence-corrected chi connectivity index (χ4v) is 2.89. The molecule has 0 radical (unpaired) electrons. The number of sulfonamides is 1. The second-order valence-electron chi connectivity index (χ2n) is 4.66. The minimum atomic E-state index is -3.70. The van der Waals surface area contributed by atoms with Crippen LogP contribution in [0.3, 0.4) is 0 Å². The van der Waals surface area contributed by atoms with Crippen molar-refractivity contribution >= 4 is 21.9 Å². The maximum atomic E-state index is 11.9. The number of hydrogen-bond donors (Lipinski definition) is 1. The van der Waals surface area contributed by atoms with Gasteiger partial charge in [-0.25, -0.2) is 17.5 Å². The highest BCUT2D eigenvalue weighted by Crippen LogP contribution is 2.14. The molecule has 0 spiro atoms. The van der Waals surface area contributed by atoms with E-state index in [1.54, 1.807) is 13.8 Å². The molecular formula is C11H22N2O5S. The Bertz CT molecular complexity index is 440. The van der Waals surface area contributed by atoms with Crippen molar-refractivity contribution in [3.63, 3.8) is 0 Å². The van der Waals surface area contributed by atoms with Gasteiger partial charge >= 0.3 is 5.97 Å². The lowest BCUT2D eigenvalue weighted by Gasteiger charge is -2.32. The van der Waals surface area contributed by atoms with E-state index in [1.807, 2.05) is 0 Å². The molecule has 8 heteroatoms. The number of likely N-dealkylation sites (N-methyl/N-ethyl adjacent to an activating group) is 1. The Morgan fingerprint density at radius 3 is 1.89 bits per heavy atom. The van der Waals surface area contributed by atoms with Crippen molar-refractivity contribution in [2.75, 3.05) is 25.9 Å². The number of amides is 1. The van der Waals surface area contributed by atoms with Crippen LogP contribution in [-0.4, -0.2) is 66.0 Å². The van der Waals surface area contributed by atoms with Gasteiger partial charge in [0.2, 0.25) is 15.9 Å². The third kappa shape index (κ3) is 4.17. The summed E-state index contributed by atoms with van der Waals surface area (Å²) in [5.41, 5.74) is -1.45. The predicted molar refractivity (Wildman–Crippen MR) is 71.2 cm³/mol. The van der Waals surface area contributed by atoms with E-state index in [4.69, 9.17) is 5.11 Å². The fraction of sp³-hybridized carbons (Fsp3) is 0.818. The summed E-state index contributed by atoms with van der Waals surface area (Å²) in [6, 6.07) is 0. The summed E-state index contributed by atoms with van der Waals surface area (Å²) in [6.07, 6.45) is 0. The highest BCUT2D eigenvalue weighted by atomic mass is 32.2. The quantitative estimate of drug-likeness (QED) is 0.712. The van der Waals surface area contributed by atoms with E-state index in [0.29, 0.717) is 0 Å². The maximum Gasteiger partial charge on any atom is 0.329 e. The first-order chi connectivity index (χ1) is 8.50. The van der Waals surface area contributed by atoms with Crippen molar-refractivity contribution < 1.29 is 23.1 Å². The zero-order valence-corrected chi connectivity index (χ0v) is 12.8. The van der Waals surface area contributed by atoms with Crippen LogP contribution in [0, 0.1) is 0 Å². The molecule has 7 nitrogen and oxygen atoms in total. The van der Waals surface area contributed by atoms with Crippen molar-refractivity contribution in [3.05, 3.63) is 0 Å². The van der Waals surface area contributed by atoms with Crippen LogP contribution in [0.4, 0.5) is 0 Å². The highest BCUT2D eigenvalue weighted by Gasteiger charge is 2.37. The number of carbonyl (C=O) groups excluding carboxylic acids is 1. The van der Waals surface area contributed by atoms with E-state index in [2.05, 4.69) is 0 Å². The largest absolute Gasteiger partial charge is 0.480 e. The first kappa shape index (κ1) is 17.8. The van der Waals surface area contributed by atoms with Crippen molar-refractivity contribution in [3.8, 4) is 0 Å². The van der Waals surface area contributed by atoms with Gasteiger partial charge in [0.1, 0.15) is 11.3 Å². The van der Waals surface area contributed by atoms with Gasteiger partial charge in [-0.05, 0) is 13.8 Å². The third-order valence-corrected chi connectivity index (χ3v) is 5.06. The molecule has 0 rings (SSSR count). The van der Waals surface area contributed by atoms with Crippen LogP contribution < -0.4 is 0 Å². The average molecular weight is 294 g/mol. The van der Waals surface area contributed by atoms with Crippen molar-refractivity contribution in [2.24, 2.45) is 0 Å². The van der Waals surface area contributed by atoms with Gasteiger partial charge in [-0.15, -0.1) is 0 Å². The summed E-state index contributed by atoms with van der Waals surface area (Å²) in [5.74, 6) is -2.65. The van der Waals surface area contributed by atoms with Crippen LogP contribution in [0.5, 0.6) is 0 Å². The number of rotatable bonds is 7. The molecule has 0 aromatic heterocycles. The lowest BCUT2D eigenvalue weighted by molar-refractivity contribution is -0.154. The fourth-order valence-electron chi connectivity index (χ4n) is 1.42. The Balaban J connectivity index is 5.03. The number of nitrogens with zero attached hydrogens (tertiary/aromatic N) is 2. The van der Waals surface area contributed by atoms with E-state index >= 15 is 0 Å². The van der Waals surface area contributed by atoms with Crippen LogP contribution in [0.2, 0.25) is 0 Å². The molecule has 19 heavy (non-hydrogen) atoms. The van der Waals surface area contributed by atoms with E-state index in [1.165, 1.54) is 25.2 Å². The number of carboxylic acids is 1. The van der Waals surface area contributed by atoms with Crippen LogP contribution in [0.25, 0.3) is 0 Å². The van der Waals surface area contributed by atoms with Gasteiger partial charge in [-0.2, -0.15) is 0 Å². The molecule has 0 atom stereocenters. The Labute approximate surface area is 114 Å². The zero-order valence-electron chi connectivity index (χ0n) is 12.0. The molecular weight excluding hydrogens is 272 g/mol. The summed E-state index contributed by atoms with van der Waals surface area (Å²) >= 11 is 0. The molecule has 0 bridgehead atoms. The summed E-state index contributed by atoms with van der Waals surface area (Å²) in [7, 11) is -2.42. The van der Waals surface area contributed by atoms with E-state index in [0.717, 1.165) is 4.90 Å². The molecule has 0 unspecified atom stereocenters. The Morgan fingerprint density at radius 2 is 1.58 bits per heavy atom. The minimum absolute atomic E-state index is 0.276. The van der Waals surface area contributed by atoms with E-state index < -0.39 is 33.2 Å². The monoisotopic (exact) mass is 294 g/mol. The van der Waals surface area contributed by atoms with Gasteiger partial charge in [-0.1, -0.05) is 13.8 Å². The summed E-state index contributed by atoms with van der Waals surface area (Å²) in [6.45, 7) is 6.59. The van der Waals surface area contributed by atoms with Gasteiger partial charge in [0, 0.05) is 20.1 Å². The van der Waals surface area contributed by atoms with Crippen LogP contribution in [-0.2, 0) is 19.6 Å². The normalized spacial score (nSPS) is 12.5. The summed E-state index contributed by atoms with van der Waals surface area (Å²) in [4.78, 5) is 23.9. The average Bonchev–Trinajstić information content (AvgIpc) is 2.28. The molecule has 1 amide bonds. The van der Waals surface area contributed by atoms with Gasteiger partial charge < -0.3 is 10.0 Å². The van der Waals surface area contributed by atoms with Crippen LogP contribution in [0.15, 0.2) is 0 Å². The third-order valence-electron chi connectivity index (χ3n) is 3.14. The Kier molecular flexibility index (Phi) is 5.95. The molecule has 0 aliphatic carbocycles. The molecule has 0 aromatic carbocycles. The molecule has 1 N–H and O–H groups in total. The number of hydrogen-bond acceptors (Lipinski definition) is 4. The van der Waals surface area contributed by atoms with Crippen LogP contribution in [0.1, 0.15) is 27.7 Å². The van der Waals surface area contributed by atoms with Crippen molar-refractivity contribution in [1.29, 1.82) is 0 Å². The lowest BCUT2D eigenvalue weighted by atomic mass is 10.0. The van der Waals surface area contributed by atoms with E-state index in [9.17, 15) is 18.0 Å². The number of carbonyl (C=O) groups is 2. The standard InChI is InChI=1S/C11H22N2O5S/c1-6-13(7-2)19(17,18)8-9(14)12(5)11(3,4)10(15)16/h6-8H2,1-5H3,(H,15,16). The maximum absolute atomic E-state index is 11.9. The highest BCUT2D eigenvalue weighted by molar-refractivity contribution is 7.89. The van der Waals surface area contributed by atoms with Gasteiger partial charge in [0.15, 0.2) is 0 Å². The molecule has 112 valence electrons. The molecule has 0 saturated carbocycles. The van der Waals surface area contributed by atoms with E-state index in [-0.39, 0.29) is 13.1 Å². The van der Waals surface area contributed by atoms with Crippen LogP contribution >= 0.6 is 0 Å². The van der Waals surface area contributed by atoms with Gasteiger partial charge in [0.05, 0.1) is 0 Å². The number of carboxylic acid groups (broad SMARTS) is 1. The number of aliphatic carboxylic acids is 1. The summed E-state index contributed by atoms with van der Waals surface area (Å²) < 4.78 is 25.0. The first-order valence-corrected chi connectivity index (χ1v) is 7.59. The molecule has 0 aromatic rings. The SMILES string of the molecule is CCN(CC)S(=O)(=O)CC(=O)N(C)C(C)(C)C(=O)O. The summed E-state index contributed by atoms with van der Waals surface area (Å²) in [5, 5.41) is 9.01. The Morgan fingerprint density at radius 1 is 1.16 bits per heavy atom. The Hall–Kier alpha value is -1.15. The molecule has 0 heterocycles. The molecule has 0 aliphatic rings. The molecule has 0 aliphatic heterocycles. The predicted octanol–water partition coefficient (Wildman–Crippen LogP) is -0.0204. The second kappa shape index (κ2) is 6.33.